The van der Waals surface area contributed by atoms with E-state index in [1.54, 1.807) is 38.2 Å². The zero-order valence-electron chi connectivity index (χ0n) is 12.9. The minimum absolute atomic E-state index is 0.0973. The Bertz CT molecular complexity index is 967. The molecule has 0 aliphatic rings. The van der Waals surface area contributed by atoms with E-state index in [1.165, 1.54) is 27.7 Å². The molecule has 0 aliphatic carbocycles. The molecular weight excluding hydrogens is 366 g/mol. The molecule has 124 valence electrons. The van der Waals surface area contributed by atoms with E-state index in [0.717, 1.165) is 0 Å². The number of amides is 1. The van der Waals surface area contributed by atoms with E-state index in [1.807, 2.05) is 11.4 Å². The highest BCUT2D eigenvalue weighted by atomic mass is 35.5. The minimum atomic E-state index is -0.418. The molecule has 0 bridgehead atoms. The van der Waals surface area contributed by atoms with Crippen molar-refractivity contribution in [2.75, 3.05) is 5.32 Å². The van der Waals surface area contributed by atoms with E-state index in [0.29, 0.717) is 26.1 Å². The molecule has 0 saturated carbocycles. The first kappa shape index (κ1) is 17.0. The summed E-state index contributed by atoms with van der Waals surface area (Å²) < 4.78 is 2.10. The Morgan fingerprint density at radius 2 is 2.21 bits per heavy atom. The van der Waals surface area contributed by atoms with Crippen molar-refractivity contribution in [2.24, 2.45) is 7.05 Å². The highest BCUT2D eigenvalue weighted by Gasteiger charge is 2.18. The van der Waals surface area contributed by atoms with E-state index in [9.17, 15) is 9.59 Å². The van der Waals surface area contributed by atoms with Crippen LogP contribution in [-0.4, -0.2) is 20.7 Å². The van der Waals surface area contributed by atoms with Gasteiger partial charge in [0, 0.05) is 17.8 Å². The Hall–Kier alpha value is -1.83. The Balaban J connectivity index is 1.79. The maximum Gasteiger partial charge on any atom is 0.271 e. The van der Waals surface area contributed by atoms with Gasteiger partial charge < -0.3 is 5.32 Å². The van der Waals surface area contributed by atoms with Crippen LogP contribution in [0.4, 0.5) is 5.69 Å². The normalized spacial score (nSPS) is 12.3. The summed E-state index contributed by atoms with van der Waals surface area (Å²) in [4.78, 5) is 29.1. The number of aromatic nitrogens is 2. The Kier molecular flexibility index (Phi) is 4.93. The molecule has 3 rings (SSSR count). The summed E-state index contributed by atoms with van der Waals surface area (Å²) in [6.07, 6.45) is 0. The number of nitrogens with one attached hydrogen (secondary N) is 1. The zero-order chi connectivity index (χ0) is 17.3. The first-order chi connectivity index (χ1) is 11.5. The number of rotatable bonds is 4. The molecule has 1 aromatic carbocycles. The summed E-state index contributed by atoms with van der Waals surface area (Å²) in [6, 6.07) is 8.77. The molecular formula is C16H14ClN3O2S2. The van der Waals surface area contributed by atoms with Crippen molar-refractivity contribution in [1.29, 1.82) is 0 Å². The summed E-state index contributed by atoms with van der Waals surface area (Å²) in [5.41, 5.74) is 1.20. The van der Waals surface area contributed by atoms with Gasteiger partial charge in [-0.15, -0.1) is 11.3 Å². The van der Waals surface area contributed by atoms with E-state index in [4.69, 9.17) is 11.6 Å². The predicted octanol–water partition coefficient (Wildman–Crippen LogP) is 3.77. The van der Waals surface area contributed by atoms with Gasteiger partial charge in [-0.2, -0.15) is 0 Å². The van der Waals surface area contributed by atoms with Crippen molar-refractivity contribution >= 4 is 56.5 Å². The van der Waals surface area contributed by atoms with Crippen LogP contribution in [0.25, 0.3) is 10.2 Å². The van der Waals surface area contributed by atoms with Crippen molar-refractivity contribution in [2.45, 2.75) is 17.3 Å². The van der Waals surface area contributed by atoms with Crippen LogP contribution < -0.4 is 10.9 Å². The second kappa shape index (κ2) is 6.96. The first-order valence-corrected chi connectivity index (χ1v) is 9.27. The summed E-state index contributed by atoms with van der Waals surface area (Å²) >= 11 is 8.53. The summed E-state index contributed by atoms with van der Waals surface area (Å²) in [7, 11) is 1.67. The average Bonchev–Trinajstić information content (AvgIpc) is 3.00. The molecule has 2 aromatic heterocycles. The smallest absolute Gasteiger partial charge is 0.271 e. The molecule has 0 radical (unpaired) electrons. The van der Waals surface area contributed by atoms with E-state index >= 15 is 0 Å². The lowest BCUT2D eigenvalue weighted by molar-refractivity contribution is -0.115. The van der Waals surface area contributed by atoms with Crippen molar-refractivity contribution in [3.63, 3.8) is 0 Å². The fraction of sp³-hybridized carbons (Fsp3) is 0.188. The van der Waals surface area contributed by atoms with Gasteiger partial charge >= 0.3 is 0 Å². The Morgan fingerprint density at radius 3 is 2.96 bits per heavy atom. The van der Waals surface area contributed by atoms with Crippen LogP contribution in [0.15, 0.2) is 45.7 Å². The third kappa shape index (κ3) is 3.48. The first-order valence-electron chi connectivity index (χ1n) is 7.13. The molecule has 24 heavy (non-hydrogen) atoms. The molecule has 1 amide bonds. The maximum atomic E-state index is 12.3. The summed E-state index contributed by atoms with van der Waals surface area (Å²) in [6.45, 7) is 1.77. The number of hydrogen-bond acceptors (Lipinski definition) is 5. The number of nitrogens with zero attached hydrogens (tertiary/aromatic N) is 2. The van der Waals surface area contributed by atoms with E-state index in [-0.39, 0.29) is 11.5 Å². The summed E-state index contributed by atoms with van der Waals surface area (Å²) in [5, 5.41) is 5.30. The number of thiophene rings is 1. The zero-order valence-corrected chi connectivity index (χ0v) is 15.3. The number of thioether (sulfide) groups is 1. The molecule has 1 N–H and O–H groups in total. The second-order valence-corrected chi connectivity index (χ2v) is 7.81. The van der Waals surface area contributed by atoms with Crippen molar-refractivity contribution < 1.29 is 4.79 Å². The highest BCUT2D eigenvalue weighted by Crippen LogP contribution is 2.24. The average molecular weight is 380 g/mol. The van der Waals surface area contributed by atoms with Gasteiger partial charge in [-0.25, -0.2) is 4.98 Å². The number of fused-ring (bicyclic) bond motifs is 1. The molecule has 1 atom stereocenters. The molecule has 0 spiro atoms. The van der Waals surface area contributed by atoms with Gasteiger partial charge in [0.05, 0.1) is 10.8 Å². The quantitative estimate of drug-likeness (QED) is 0.553. The van der Waals surface area contributed by atoms with Gasteiger partial charge in [0.2, 0.25) is 5.91 Å². The fourth-order valence-corrected chi connectivity index (χ4v) is 3.96. The van der Waals surface area contributed by atoms with Crippen LogP contribution in [0.5, 0.6) is 0 Å². The molecule has 8 heteroatoms. The molecule has 0 saturated heterocycles. The third-order valence-electron chi connectivity index (χ3n) is 3.39. The van der Waals surface area contributed by atoms with Crippen LogP contribution in [0.1, 0.15) is 6.92 Å². The second-order valence-electron chi connectivity index (χ2n) is 5.15. The van der Waals surface area contributed by atoms with Crippen molar-refractivity contribution in [1.82, 2.24) is 9.55 Å². The van der Waals surface area contributed by atoms with Gasteiger partial charge in [-0.05, 0) is 36.6 Å². The monoisotopic (exact) mass is 379 g/mol. The SMILES string of the molecule is CC(Sc1nc2ccsc2c(=O)n1C)C(=O)Nc1cccc(Cl)c1. The van der Waals surface area contributed by atoms with Crippen molar-refractivity contribution in [3.8, 4) is 0 Å². The molecule has 3 aromatic rings. The minimum Gasteiger partial charge on any atom is -0.325 e. The molecule has 0 fully saturated rings. The van der Waals surface area contributed by atoms with E-state index in [2.05, 4.69) is 10.3 Å². The number of anilines is 1. The Morgan fingerprint density at radius 1 is 1.42 bits per heavy atom. The van der Waals surface area contributed by atoms with Crippen LogP contribution >= 0.6 is 34.7 Å². The third-order valence-corrected chi connectivity index (χ3v) is 5.66. The van der Waals surface area contributed by atoms with Gasteiger partial charge in [0.25, 0.3) is 5.56 Å². The number of carbonyl (C=O) groups excluding carboxylic acids is 1. The van der Waals surface area contributed by atoms with Crippen LogP contribution in [0, 0.1) is 0 Å². The summed E-state index contributed by atoms with van der Waals surface area (Å²) in [5.74, 6) is -0.179. The van der Waals surface area contributed by atoms with Gasteiger partial charge in [-0.1, -0.05) is 29.4 Å². The maximum absolute atomic E-state index is 12.3. The molecule has 0 aliphatic heterocycles. The fourth-order valence-electron chi connectivity index (χ4n) is 2.09. The molecule has 1 unspecified atom stereocenters. The molecule has 5 nitrogen and oxygen atoms in total. The van der Waals surface area contributed by atoms with Crippen LogP contribution in [0.2, 0.25) is 5.02 Å². The van der Waals surface area contributed by atoms with Crippen molar-refractivity contribution in [3.05, 3.63) is 51.1 Å². The Labute approximate surface area is 151 Å². The lowest BCUT2D eigenvalue weighted by Gasteiger charge is -2.13. The lowest BCUT2D eigenvalue weighted by atomic mass is 10.3. The van der Waals surface area contributed by atoms with E-state index < -0.39 is 5.25 Å². The number of halogens is 1. The molecule has 2 heterocycles. The standard InChI is InChI=1S/C16H14ClN3O2S2/c1-9(14(21)18-11-5-3-4-10(17)8-11)24-16-19-12-6-7-23-13(12)15(22)20(16)2/h3-9H,1-2H3,(H,18,21). The van der Waals surface area contributed by atoms with Crippen LogP contribution in [0.3, 0.4) is 0 Å². The predicted molar refractivity (Wildman–Crippen MR) is 100 cm³/mol. The lowest BCUT2D eigenvalue weighted by Crippen LogP contribution is -2.25. The van der Waals surface area contributed by atoms with Gasteiger partial charge in [-0.3, -0.25) is 14.2 Å². The largest absolute Gasteiger partial charge is 0.325 e. The number of hydrogen-bond donors (Lipinski definition) is 1. The van der Waals surface area contributed by atoms with Gasteiger partial charge in [0.1, 0.15) is 4.70 Å². The highest BCUT2D eigenvalue weighted by molar-refractivity contribution is 8.00. The number of carbonyl (C=O) groups is 1. The topological polar surface area (TPSA) is 64.0 Å². The number of benzene rings is 1. The van der Waals surface area contributed by atoms with Gasteiger partial charge in [0.15, 0.2) is 5.16 Å². The van der Waals surface area contributed by atoms with Crippen LogP contribution in [-0.2, 0) is 11.8 Å².